The van der Waals surface area contributed by atoms with Crippen molar-refractivity contribution in [2.24, 2.45) is 0 Å². The molecule has 2 atom stereocenters. The van der Waals surface area contributed by atoms with Crippen molar-refractivity contribution in [1.82, 2.24) is 0 Å². The molecule has 0 bridgehead atoms. The first kappa shape index (κ1) is 29.0. The van der Waals surface area contributed by atoms with Crippen LogP contribution in [0.1, 0.15) is 146 Å². The lowest BCUT2D eigenvalue weighted by atomic mass is 9.83. The molecule has 0 aromatic heterocycles. The average molecular weight is 475 g/mol. The van der Waals surface area contributed by atoms with Gasteiger partial charge < -0.3 is 14.9 Å². The molecule has 3 nitrogen and oxygen atoms in total. The van der Waals surface area contributed by atoms with E-state index in [-0.39, 0.29) is 5.60 Å². The van der Waals surface area contributed by atoms with Gasteiger partial charge in [-0.25, -0.2) is 0 Å². The Balaban J connectivity index is 1.67. The number of unbranched alkanes of at least 4 members (excludes halogenated alkanes) is 13. The molecule has 0 saturated heterocycles. The lowest BCUT2D eigenvalue weighted by Crippen LogP contribution is -2.37. The zero-order chi connectivity index (χ0) is 25.0. The van der Waals surface area contributed by atoms with E-state index in [0.717, 1.165) is 47.3 Å². The lowest BCUT2D eigenvalue weighted by molar-refractivity contribution is 0.0518. The van der Waals surface area contributed by atoms with Crippen LogP contribution in [-0.2, 0) is 12.8 Å². The third-order valence-electron chi connectivity index (χ3n) is 7.99. The van der Waals surface area contributed by atoms with Gasteiger partial charge in [0.15, 0.2) is 0 Å². The van der Waals surface area contributed by atoms with Gasteiger partial charge in [-0.2, -0.15) is 0 Å². The minimum Gasteiger partial charge on any atom is -0.507 e. The molecule has 2 unspecified atom stereocenters. The van der Waals surface area contributed by atoms with Gasteiger partial charge in [0.25, 0.3) is 0 Å². The van der Waals surface area contributed by atoms with E-state index < -0.39 is 6.10 Å². The van der Waals surface area contributed by atoms with Crippen LogP contribution in [0.25, 0.3) is 0 Å². The van der Waals surface area contributed by atoms with Gasteiger partial charge in [0.2, 0.25) is 0 Å². The van der Waals surface area contributed by atoms with Crippen LogP contribution in [0, 0.1) is 13.8 Å². The fourth-order valence-corrected chi connectivity index (χ4v) is 5.55. The molecule has 196 valence electrons. The molecule has 2 rings (SSSR count). The molecule has 1 aliphatic heterocycles. The number of aliphatic hydroxyl groups excluding tert-OH is 1. The Morgan fingerprint density at radius 3 is 1.82 bits per heavy atom. The Labute approximate surface area is 210 Å². The first-order valence-electron chi connectivity index (χ1n) is 14.5. The van der Waals surface area contributed by atoms with Crippen molar-refractivity contribution >= 4 is 0 Å². The van der Waals surface area contributed by atoms with E-state index in [1.807, 2.05) is 6.92 Å². The number of rotatable bonds is 17. The maximum atomic E-state index is 10.7. The predicted molar refractivity (Wildman–Crippen MR) is 145 cm³/mol. The summed E-state index contributed by atoms with van der Waals surface area (Å²) in [6.45, 7) is 10.3. The van der Waals surface area contributed by atoms with Crippen LogP contribution < -0.4 is 4.74 Å². The number of ether oxygens (including phenoxy) is 1. The summed E-state index contributed by atoms with van der Waals surface area (Å²) in [6, 6.07) is 0. The average Bonchev–Trinajstić information content (AvgIpc) is 2.80. The molecule has 34 heavy (non-hydrogen) atoms. The van der Waals surface area contributed by atoms with Crippen LogP contribution in [0.5, 0.6) is 11.5 Å². The first-order valence-corrected chi connectivity index (χ1v) is 14.5. The first-order chi connectivity index (χ1) is 16.3. The van der Waals surface area contributed by atoms with Crippen LogP contribution in [0.2, 0.25) is 0 Å². The molecule has 2 N–H and O–H groups in total. The Morgan fingerprint density at radius 2 is 1.32 bits per heavy atom. The van der Waals surface area contributed by atoms with Crippen molar-refractivity contribution in [2.75, 3.05) is 0 Å². The summed E-state index contributed by atoms with van der Waals surface area (Å²) in [5.74, 6) is 1.31. The van der Waals surface area contributed by atoms with Gasteiger partial charge in [-0.05, 0) is 64.5 Å². The molecular formula is C31H54O3. The molecule has 0 saturated carbocycles. The van der Waals surface area contributed by atoms with Crippen molar-refractivity contribution in [3.63, 3.8) is 0 Å². The summed E-state index contributed by atoms with van der Waals surface area (Å²) in [5, 5.41) is 20.6. The van der Waals surface area contributed by atoms with Crippen LogP contribution >= 0.6 is 0 Å². The number of phenolic OH excluding ortho intramolecular Hbond substituents is 1. The molecule has 1 aromatic rings. The zero-order valence-corrected chi connectivity index (χ0v) is 23.1. The van der Waals surface area contributed by atoms with E-state index in [1.54, 1.807) is 6.92 Å². The molecule has 0 fully saturated rings. The minimum absolute atomic E-state index is 0.125. The highest BCUT2D eigenvalue weighted by molar-refractivity contribution is 5.59. The van der Waals surface area contributed by atoms with Crippen molar-refractivity contribution in [3.05, 3.63) is 22.3 Å². The Bertz CT molecular complexity index is 724. The quantitative estimate of drug-likeness (QED) is 0.222. The minimum atomic E-state index is -0.471. The Kier molecular flexibility index (Phi) is 12.8. The Hall–Kier alpha value is -1.22. The molecule has 0 aliphatic carbocycles. The summed E-state index contributed by atoms with van der Waals surface area (Å²) in [6.07, 6.45) is 22.4. The third-order valence-corrected chi connectivity index (χ3v) is 7.99. The summed E-state index contributed by atoms with van der Waals surface area (Å²) in [7, 11) is 0. The predicted octanol–water partition coefficient (Wildman–Crippen LogP) is 8.89. The molecule has 0 radical (unpaired) electrons. The van der Waals surface area contributed by atoms with Gasteiger partial charge >= 0.3 is 0 Å². The van der Waals surface area contributed by atoms with Gasteiger partial charge in [-0.15, -0.1) is 0 Å². The molecule has 0 amide bonds. The highest BCUT2D eigenvalue weighted by atomic mass is 16.5. The number of aliphatic hydroxyl groups is 1. The largest absolute Gasteiger partial charge is 0.507 e. The maximum absolute atomic E-state index is 10.7. The fourth-order valence-electron chi connectivity index (χ4n) is 5.55. The van der Waals surface area contributed by atoms with Crippen molar-refractivity contribution in [1.29, 1.82) is 0 Å². The van der Waals surface area contributed by atoms with Crippen molar-refractivity contribution < 1.29 is 14.9 Å². The normalized spacial score (nSPS) is 18.5. The summed E-state index contributed by atoms with van der Waals surface area (Å²) in [5.41, 5.74) is 3.80. The third kappa shape index (κ3) is 9.10. The van der Waals surface area contributed by atoms with Crippen LogP contribution in [0.3, 0.4) is 0 Å². The van der Waals surface area contributed by atoms with Crippen LogP contribution in [-0.4, -0.2) is 21.9 Å². The highest BCUT2D eigenvalue weighted by Crippen LogP contribution is 2.45. The SMILES string of the molecule is CCCCCCCCCCCCCCCCC1(C)CCc2c(CC(C)O)c(O)c(C)c(C)c2O1. The second-order valence-electron chi connectivity index (χ2n) is 11.3. The van der Waals surface area contributed by atoms with Gasteiger partial charge in [0.05, 0.1) is 6.10 Å². The second-order valence-corrected chi connectivity index (χ2v) is 11.3. The molecule has 1 aliphatic rings. The van der Waals surface area contributed by atoms with E-state index in [4.69, 9.17) is 4.74 Å². The number of benzene rings is 1. The number of hydrogen-bond acceptors (Lipinski definition) is 3. The van der Waals surface area contributed by atoms with E-state index in [0.29, 0.717) is 12.2 Å². The van der Waals surface area contributed by atoms with Crippen molar-refractivity contribution in [2.45, 2.75) is 162 Å². The summed E-state index contributed by atoms with van der Waals surface area (Å²) < 4.78 is 6.63. The van der Waals surface area contributed by atoms with E-state index in [2.05, 4.69) is 20.8 Å². The van der Waals surface area contributed by atoms with E-state index >= 15 is 0 Å². The molecular weight excluding hydrogens is 420 g/mol. The monoisotopic (exact) mass is 474 g/mol. The number of hydrogen-bond donors (Lipinski definition) is 2. The van der Waals surface area contributed by atoms with Gasteiger partial charge in [-0.1, -0.05) is 90.4 Å². The second kappa shape index (κ2) is 15.0. The molecule has 3 heteroatoms. The fraction of sp³-hybridized carbons (Fsp3) is 0.806. The zero-order valence-electron chi connectivity index (χ0n) is 23.1. The van der Waals surface area contributed by atoms with Gasteiger partial charge in [0.1, 0.15) is 17.1 Å². The molecule has 1 heterocycles. The highest BCUT2D eigenvalue weighted by Gasteiger charge is 2.34. The van der Waals surface area contributed by atoms with Crippen LogP contribution in [0.15, 0.2) is 0 Å². The van der Waals surface area contributed by atoms with Gasteiger partial charge in [-0.3, -0.25) is 0 Å². The summed E-state index contributed by atoms with van der Waals surface area (Å²) >= 11 is 0. The number of fused-ring (bicyclic) bond motifs is 1. The van der Waals surface area contributed by atoms with Gasteiger partial charge in [0, 0.05) is 17.5 Å². The number of phenols is 1. The Morgan fingerprint density at radius 1 is 0.824 bits per heavy atom. The summed E-state index contributed by atoms with van der Waals surface area (Å²) in [4.78, 5) is 0. The smallest absolute Gasteiger partial charge is 0.127 e. The van der Waals surface area contributed by atoms with E-state index in [1.165, 1.54) is 89.9 Å². The standard InChI is InChI=1S/C31H54O3/c1-6-7-8-9-10-11-12-13-14-15-16-17-18-19-21-31(5)22-20-27-28(23-24(2)32)29(33)25(3)26(4)30(27)34-31/h24,32-33H,6-23H2,1-5H3. The number of aromatic hydroxyl groups is 1. The van der Waals surface area contributed by atoms with Crippen LogP contribution in [0.4, 0.5) is 0 Å². The maximum Gasteiger partial charge on any atom is 0.127 e. The molecule has 0 spiro atoms. The lowest BCUT2D eigenvalue weighted by Gasteiger charge is -2.38. The van der Waals surface area contributed by atoms with E-state index in [9.17, 15) is 10.2 Å². The van der Waals surface area contributed by atoms with Crippen molar-refractivity contribution in [3.8, 4) is 11.5 Å². The molecule has 1 aromatic carbocycles. The topological polar surface area (TPSA) is 49.7 Å².